The molecule has 5 nitrogen and oxygen atoms in total. The van der Waals surface area contributed by atoms with Crippen molar-refractivity contribution < 1.29 is 9.90 Å². The van der Waals surface area contributed by atoms with Crippen LogP contribution in [0.2, 0.25) is 0 Å². The van der Waals surface area contributed by atoms with Crippen molar-refractivity contribution in [2.75, 3.05) is 18.9 Å². The second-order valence-corrected chi connectivity index (χ2v) is 5.33. The predicted molar refractivity (Wildman–Crippen MR) is 77.1 cm³/mol. The summed E-state index contributed by atoms with van der Waals surface area (Å²) in [5, 5.41) is 8.93. The molecule has 0 radical (unpaired) electrons. The average Bonchev–Trinajstić information content (AvgIpc) is 2.71. The molecule has 1 aromatic heterocycles. The number of nitrogens with zero attached hydrogens (tertiary/aromatic N) is 2. The molecule has 0 saturated carbocycles. The van der Waals surface area contributed by atoms with Gasteiger partial charge < -0.3 is 20.3 Å². The quantitative estimate of drug-likeness (QED) is 0.826. The number of hydrogen-bond acceptors (Lipinski definition) is 3. The molecule has 1 rings (SSSR count). The van der Waals surface area contributed by atoms with Crippen LogP contribution in [0, 0.1) is 0 Å². The van der Waals surface area contributed by atoms with E-state index in [1.807, 2.05) is 32.3 Å². The number of aliphatic hydroxyl groups excluding tert-OH is 1. The van der Waals surface area contributed by atoms with Gasteiger partial charge in [0.15, 0.2) is 0 Å². The number of aliphatic hydroxyl groups is 1. The molecule has 1 aromatic rings. The highest BCUT2D eigenvalue weighted by atomic mass is 16.3. The summed E-state index contributed by atoms with van der Waals surface area (Å²) in [5.41, 5.74) is 7.01. The Morgan fingerprint density at radius 3 is 2.53 bits per heavy atom. The van der Waals surface area contributed by atoms with Gasteiger partial charge in [0.05, 0.1) is 5.69 Å². The SMILES string of the molecule is CC(C)N(CCCO)C(=O)c1cc(N)cn1C(C)C. The summed E-state index contributed by atoms with van der Waals surface area (Å²) in [6.07, 6.45) is 2.38. The Bertz CT molecular complexity index is 424. The van der Waals surface area contributed by atoms with E-state index in [1.165, 1.54) is 0 Å². The van der Waals surface area contributed by atoms with Crippen LogP contribution in [-0.4, -0.2) is 39.7 Å². The van der Waals surface area contributed by atoms with Crippen LogP contribution in [0.3, 0.4) is 0 Å². The molecule has 0 aliphatic rings. The van der Waals surface area contributed by atoms with Crippen LogP contribution in [0.4, 0.5) is 5.69 Å². The van der Waals surface area contributed by atoms with Gasteiger partial charge in [-0.25, -0.2) is 0 Å². The first kappa shape index (κ1) is 15.6. The summed E-state index contributed by atoms with van der Waals surface area (Å²) in [6, 6.07) is 2.00. The van der Waals surface area contributed by atoms with Gasteiger partial charge in [-0.2, -0.15) is 0 Å². The Hall–Kier alpha value is -1.49. The van der Waals surface area contributed by atoms with Gasteiger partial charge in [0.25, 0.3) is 5.91 Å². The fraction of sp³-hybridized carbons (Fsp3) is 0.643. The van der Waals surface area contributed by atoms with Crippen molar-refractivity contribution in [3.8, 4) is 0 Å². The molecular weight excluding hydrogens is 242 g/mol. The molecule has 108 valence electrons. The zero-order valence-electron chi connectivity index (χ0n) is 12.3. The maximum Gasteiger partial charge on any atom is 0.270 e. The van der Waals surface area contributed by atoms with Crippen LogP contribution >= 0.6 is 0 Å². The third kappa shape index (κ3) is 3.73. The fourth-order valence-electron chi connectivity index (χ4n) is 2.08. The van der Waals surface area contributed by atoms with E-state index in [1.54, 1.807) is 17.2 Å². The van der Waals surface area contributed by atoms with Crippen LogP contribution < -0.4 is 5.73 Å². The Labute approximate surface area is 115 Å². The van der Waals surface area contributed by atoms with Crippen molar-refractivity contribution in [2.45, 2.75) is 46.2 Å². The monoisotopic (exact) mass is 267 g/mol. The molecule has 0 atom stereocenters. The van der Waals surface area contributed by atoms with E-state index in [2.05, 4.69) is 0 Å². The Balaban J connectivity index is 3.02. The van der Waals surface area contributed by atoms with E-state index in [9.17, 15) is 4.79 Å². The van der Waals surface area contributed by atoms with E-state index < -0.39 is 0 Å². The molecule has 0 aliphatic carbocycles. The third-order valence-corrected chi connectivity index (χ3v) is 3.09. The van der Waals surface area contributed by atoms with E-state index in [4.69, 9.17) is 10.8 Å². The summed E-state index contributed by atoms with van der Waals surface area (Å²) >= 11 is 0. The first-order chi connectivity index (χ1) is 8.88. The Morgan fingerprint density at radius 2 is 2.05 bits per heavy atom. The normalized spacial score (nSPS) is 11.3. The molecule has 0 fully saturated rings. The summed E-state index contributed by atoms with van der Waals surface area (Å²) in [6.45, 7) is 8.62. The lowest BCUT2D eigenvalue weighted by Crippen LogP contribution is -2.39. The molecule has 19 heavy (non-hydrogen) atoms. The number of amides is 1. The molecule has 0 bridgehead atoms. The topological polar surface area (TPSA) is 71.5 Å². The molecule has 0 saturated heterocycles. The molecule has 1 amide bonds. The van der Waals surface area contributed by atoms with Gasteiger partial charge in [0.2, 0.25) is 0 Å². The van der Waals surface area contributed by atoms with Crippen LogP contribution in [0.5, 0.6) is 0 Å². The number of hydrogen-bond donors (Lipinski definition) is 2. The van der Waals surface area contributed by atoms with E-state index in [0.717, 1.165) is 0 Å². The van der Waals surface area contributed by atoms with Gasteiger partial charge in [-0.15, -0.1) is 0 Å². The van der Waals surface area contributed by atoms with Crippen molar-refractivity contribution in [1.29, 1.82) is 0 Å². The highest BCUT2D eigenvalue weighted by molar-refractivity contribution is 5.94. The number of nitrogen functional groups attached to an aromatic ring is 1. The predicted octanol–water partition coefficient (Wildman–Crippen LogP) is 1.88. The Morgan fingerprint density at radius 1 is 1.42 bits per heavy atom. The maximum atomic E-state index is 12.6. The van der Waals surface area contributed by atoms with Gasteiger partial charge in [-0.1, -0.05) is 0 Å². The van der Waals surface area contributed by atoms with Crippen molar-refractivity contribution in [1.82, 2.24) is 9.47 Å². The summed E-state index contributed by atoms with van der Waals surface area (Å²) in [5.74, 6) is -0.0335. The van der Waals surface area contributed by atoms with Gasteiger partial charge >= 0.3 is 0 Å². The third-order valence-electron chi connectivity index (χ3n) is 3.09. The maximum absolute atomic E-state index is 12.6. The van der Waals surface area contributed by atoms with E-state index in [0.29, 0.717) is 24.3 Å². The average molecular weight is 267 g/mol. The minimum absolute atomic E-state index is 0.0335. The molecule has 0 aliphatic heterocycles. The Kier molecular flexibility index (Phi) is 5.42. The summed E-state index contributed by atoms with van der Waals surface area (Å²) in [7, 11) is 0. The first-order valence-electron chi connectivity index (χ1n) is 6.77. The smallest absolute Gasteiger partial charge is 0.270 e. The highest BCUT2D eigenvalue weighted by Crippen LogP contribution is 2.19. The molecule has 1 heterocycles. The highest BCUT2D eigenvalue weighted by Gasteiger charge is 2.22. The van der Waals surface area contributed by atoms with Crippen molar-refractivity contribution in [3.05, 3.63) is 18.0 Å². The second-order valence-electron chi connectivity index (χ2n) is 5.33. The summed E-state index contributed by atoms with van der Waals surface area (Å²) < 4.78 is 1.89. The van der Waals surface area contributed by atoms with Gasteiger partial charge in [0.1, 0.15) is 5.69 Å². The minimum Gasteiger partial charge on any atom is -0.397 e. The molecule has 0 aromatic carbocycles. The van der Waals surface area contributed by atoms with Gasteiger partial charge in [-0.3, -0.25) is 4.79 Å². The molecular formula is C14H25N3O2. The minimum atomic E-state index is -0.0335. The van der Waals surface area contributed by atoms with Gasteiger partial charge in [-0.05, 0) is 40.2 Å². The largest absolute Gasteiger partial charge is 0.397 e. The zero-order chi connectivity index (χ0) is 14.6. The number of nitrogens with two attached hydrogens (primary N) is 1. The number of rotatable bonds is 6. The first-order valence-corrected chi connectivity index (χ1v) is 6.77. The molecule has 0 spiro atoms. The van der Waals surface area contributed by atoms with Crippen molar-refractivity contribution in [3.63, 3.8) is 0 Å². The van der Waals surface area contributed by atoms with Crippen LogP contribution in [0.25, 0.3) is 0 Å². The molecule has 0 unspecified atom stereocenters. The lowest BCUT2D eigenvalue weighted by Gasteiger charge is -2.27. The van der Waals surface area contributed by atoms with Crippen LogP contribution in [0.15, 0.2) is 12.3 Å². The molecule has 5 heteroatoms. The van der Waals surface area contributed by atoms with E-state index >= 15 is 0 Å². The van der Waals surface area contributed by atoms with E-state index in [-0.39, 0.29) is 24.6 Å². The second kappa shape index (κ2) is 6.61. The lowest BCUT2D eigenvalue weighted by atomic mass is 10.2. The summed E-state index contributed by atoms with van der Waals surface area (Å²) in [4.78, 5) is 14.4. The fourth-order valence-corrected chi connectivity index (χ4v) is 2.08. The number of carbonyl (C=O) groups excluding carboxylic acids is 1. The number of aromatic nitrogens is 1. The standard InChI is InChI=1S/C14H25N3O2/c1-10(2)16(6-5-7-18)14(19)13-8-12(15)9-17(13)11(3)4/h8-11,18H,5-7,15H2,1-4H3. The van der Waals surface area contributed by atoms with Gasteiger partial charge in [0, 0.05) is 31.4 Å². The van der Waals surface area contributed by atoms with Crippen molar-refractivity contribution in [2.24, 2.45) is 0 Å². The van der Waals surface area contributed by atoms with Crippen molar-refractivity contribution >= 4 is 11.6 Å². The molecule has 3 N–H and O–H groups in total. The lowest BCUT2D eigenvalue weighted by molar-refractivity contribution is 0.0680. The number of carbonyl (C=O) groups is 1. The van der Waals surface area contributed by atoms with Crippen LogP contribution in [0.1, 0.15) is 50.6 Å². The zero-order valence-corrected chi connectivity index (χ0v) is 12.3. The van der Waals surface area contributed by atoms with Crippen LogP contribution in [-0.2, 0) is 0 Å². The number of anilines is 1.